The topological polar surface area (TPSA) is 80.9 Å². The molecule has 1 fully saturated rings. The molecule has 0 unspecified atom stereocenters. The monoisotopic (exact) mass is 324 g/mol. The van der Waals surface area contributed by atoms with Crippen LogP contribution in [0.2, 0.25) is 0 Å². The minimum atomic E-state index is 0.0467. The van der Waals surface area contributed by atoms with Crippen LogP contribution in [0, 0.1) is 17.8 Å². The number of allylic oxidation sites excluding steroid dienone is 2. The Kier molecular flexibility index (Phi) is 4.11. The average molecular weight is 324 g/mol. The molecule has 1 amide bonds. The van der Waals surface area contributed by atoms with Crippen LogP contribution in [0.15, 0.2) is 41.2 Å². The lowest BCUT2D eigenvalue weighted by molar-refractivity contribution is -0.121. The second-order valence-corrected chi connectivity index (χ2v) is 6.59. The van der Waals surface area contributed by atoms with Gasteiger partial charge in [-0.3, -0.25) is 9.78 Å². The molecule has 2 aromatic rings. The van der Waals surface area contributed by atoms with Gasteiger partial charge in [-0.1, -0.05) is 17.3 Å². The fraction of sp³-hybridized carbons (Fsp3) is 0.444. The van der Waals surface area contributed by atoms with Gasteiger partial charge in [-0.25, -0.2) is 0 Å². The number of hydrogen-bond donors (Lipinski definition) is 1. The number of aromatic nitrogens is 3. The molecule has 0 aliphatic heterocycles. The van der Waals surface area contributed by atoms with Crippen LogP contribution < -0.4 is 5.32 Å². The molecule has 0 aromatic carbocycles. The summed E-state index contributed by atoms with van der Waals surface area (Å²) in [6, 6.07) is 3.65. The minimum absolute atomic E-state index is 0.0467. The summed E-state index contributed by atoms with van der Waals surface area (Å²) < 4.78 is 5.22. The van der Waals surface area contributed by atoms with Crippen LogP contribution in [0.4, 0.5) is 0 Å². The summed E-state index contributed by atoms with van der Waals surface area (Å²) in [6.07, 6.45) is 11.3. The molecule has 2 heterocycles. The summed E-state index contributed by atoms with van der Waals surface area (Å²) in [5.74, 6) is 3.06. The number of nitrogens with zero attached hydrogens (tertiary/aromatic N) is 3. The highest BCUT2D eigenvalue weighted by atomic mass is 16.5. The molecule has 2 aromatic heterocycles. The van der Waals surface area contributed by atoms with Crippen molar-refractivity contribution in [2.75, 3.05) is 6.54 Å². The largest absolute Gasteiger partial charge is 0.356 e. The number of carbonyl (C=O) groups is 1. The molecule has 124 valence electrons. The lowest BCUT2D eigenvalue weighted by Gasteiger charge is -2.18. The van der Waals surface area contributed by atoms with E-state index < -0.39 is 0 Å². The molecule has 3 atom stereocenters. The van der Waals surface area contributed by atoms with Gasteiger partial charge < -0.3 is 9.84 Å². The zero-order valence-electron chi connectivity index (χ0n) is 13.4. The van der Waals surface area contributed by atoms with Gasteiger partial charge in [0, 0.05) is 37.3 Å². The number of pyridine rings is 1. The number of rotatable bonds is 6. The van der Waals surface area contributed by atoms with E-state index in [9.17, 15) is 4.79 Å². The van der Waals surface area contributed by atoms with Crippen molar-refractivity contribution in [1.29, 1.82) is 0 Å². The van der Waals surface area contributed by atoms with Crippen molar-refractivity contribution in [3.05, 3.63) is 42.6 Å². The third-order valence-corrected chi connectivity index (χ3v) is 4.95. The minimum Gasteiger partial charge on any atom is -0.356 e. The number of aryl methyl sites for hydroxylation is 1. The van der Waals surface area contributed by atoms with Crippen LogP contribution in [0.5, 0.6) is 0 Å². The van der Waals surface area contributed by atoms with Crippen molar-refractivity contribution in [2.24, 2.45) is 17.8 Å². The summed E-state index contributed by atoms with van der Waals surface area (Å²) in [6.45, 7) is 0.774. The second-order valence-electron chi connectivity index (χ2n) is 6.59. The fourth-order valence-corrected chi connectivity index (χ4v) is 3.66. The van der Waals surface area contributed by atoms with E-state index >= 15 is 0 Å². The molecule has 24 heavy (non-hydrogen) atoms. The molecule has 1 saturated carbocycles. The molecule has 2 aliphatic carbocycles. The van der Waals surface area contributed by atoms with Gasteiger partial charge in [0.2, 0.25) is 17.6 Å². The van der Waals surface area contributed by atoms with Crippen molar-refractivity contribution >= 4 is 5.91 Å². The molecule has 0 saturated heterocycles. The maximum atomic E-state index is 12.0. The quantitative estimate of drug-likeness (QED) is 0.825. The number of nitrogens with one attached hydrogen (secondary N) is 1. The van der Waals surface area contributed by atoms with Crippen molar-refractivity contribution in [3.63, 3.8) is 0 Å². The maximum absolute atomic E-state index is 12.0. The molecule has 0 spiro atoms. The van der Waals surface area contributed by atoms with Crippen molar-refractivity contribution < 1.29 is 9.32 Å². The zero-order chi connectivity index (χ0) is 16.4. The van der Waals surface area contributed by atoms with Crippen molar-refractivity contribution in [3.8, 4) is 11.4 Å². The van der Waals surface area contributed by atoms with Crippen LogP contribution in [0.25, 0.3) is 11.4 Å². The summed E-state index contributed by atoms with van der Waals surface area (Å²) in [4.78, 5) is 20.3. The zero-order valence-corrected chi connectivity index (χ0v) is 13.4. The van der Waals surface area contributed by atoms with Crippen LogP contribution in [0.3, 0.4) is 0 Å². The first-order valence-electron chi connectivity index (χ1n) is 8.46. The van der Waals surface area contributed by atoms with Gasteiger partial charge in [0.05, 0.1) is 0 Å². The fourth-order valence-electron chi connectivity index (χ4n) is 3.66. The van der Waals surface area contributed by atoms with Gasteiger partial charge in [-0.15, -0.1) is 0 Å². The number of hydrogen-bond acceptors (Lipinski definition) is 5. The third kappa shape index (κ3) is 3.22. The number of carbonyl (C=O) groups excluding carboxylic acids is 1. The second kappa shape index (κ2) is 6.55. The lowest BCUT2D eigenvalue weighted by atomic mass is 9.93. The number of amides is 1. The van der Waals surface area contributed by atoms with Crippen LogP contribution in [-0.4, -0.2) is 27.6 Å². The molecular weight excluding hydrogens is 304 g/mol. The maximum Gasteiger partial charge on any atom is 0.227 e. The predicted octanol–water partition coefficient (Wildman–Crippen LogP) is 2.39. The normalized spacial score (nSPS) is 24.4. The summed E-state index contributed by atoms with van der Waals surface area (Å²) in [5.41, 5.74) is 0.855. The summed E-state index contributed by atoms with van der Waals surface area (Å²) >= 11 is 0. The van der Waals surface area contributed by atoms with E-state index in [1.807, 2.05) is 12.1 Å². The smallest absolute Gasteiger partial charge is 0.227 e. The Hall–Kier alpha value is -2.50. The molecule has 6 heteroatoms. The molecule has 6 nitrogen and oxygen atoms in total. The van der Waals surface area contributed by atoms with Crippen LogP contribution in [-0.2, 0) is 11.2 Å². The molecule has 2 bridgehead atoms. The van der Waals surface area contributed by atoms with Crippen LogP contribution >= 0.6 is 0 Å². The van der Waals surface area contributed by atoms with E-state index in [4.69, 9.17) is 4.52 Å². The van der Waals surface area contributed by atoms with Gasteiger partial charge in [0.15, 0.2) is 0 Å². The van der Waals surface area contributed by atoms with E-state index in [2.05, 4.69) is 32.6 Å². The first-order chi connectivity index (χ1) is 11.8. The molecular formula is C18H20N4O2. The van der Waals surface area contributed by atoms with Crippen molar-refractivity contribution in [2.45, 2.75) is 25.7 Å². The van der Waals surface area contributed by atoms with E-state index in [0.717, 1.165) is 18.0 Å². The Labute approximate surface area is 140 Å². The standard InChI is InChI=1S/C18H20N4O2/c23-16(20-11-15-10-12-1-2-14(15)9-12)3-4-17-21-18(22-24-17)13-5-7-19-8-6-13/h1-2,5-8,12,14-15H,3-4,9-11H2,(H,20,23)/t12-,14+,15+/m1/s1. The molecule has 0 radical (unpaired) electrons. The Balaban J connectivity index is 1.24. The van der Waals surface area contributed by atoms with Crippen LogP contribution in [0.1, 0.15) is 25.2 Å². The van der Waals surface area contributed by atoms with Gasteiger partial charge in [0.1, 0.15) is 0 Å². The van der Waals surface area contributed by atoms with Crippen molar-refractivity contribution in [1.82, 2.24) is 20.4 Å². The highest BCUT2D eigenvalue weighted by molar-refractivity contribution is 5.76. The summed E-state index contributed by atoms with van der Waals surface area (Å²) in [5, 5.41) is 6.99. The van der Waals surface area contributed by atoms with E-state index in [0.29, 0.717) is 36.4 Å². The van der Waals surface area contributed by atoms with E-state index in [-0.39, 0.29) is 5.91 Å². The van der Waals surface area contributed by atoms with Gasteiger partial charge in [-0.2, -0.15) is 4.98 Å². The van der Waals surface area contributed by atoms with E-state index in [1.54, 1.807) is 12.4 Å². The average Bonchev–Trinajstić information content (AvgIpc) is 3.35. The van der Waals surface area contributed by atoms with Gasteiger partial charge in [-0.05, 0) is 42.7 Å². The Morgan fingerprint density at radius 1 is 1.25 bits per heavy atom. The summed E-state index contributed by atoms with van der Waals surface area (Å²) in [7, 11) is 0. The molecule has 1 N–H and O–H groups in total. The Morgan fingerprint density at radius 3 is 2.88 bits per heavy atom. The first-order valence-corrected chi connectivity index (χ1v) is 8.46. The number of fused-ring (bicyclic) bond motifs is 2. The SMILES string of the molecule is O=C(CCc1nc(-c2ccncc2)no1)NC[C@@H]1C[C@@H]2C=C[C@H]1C2. The van der Waals surface area contributed by atoms with E-state index in [1.165, 1.54) is 12.8 Å². The first kappa shape index (κ1) is 15.1. The molecule has 4 rings (SSSR count). The lowest BCUT2D eigenvalue weighted by Crippen LogP contribution is -2.31. The molecule has 2 aliphatic rings. The highest BCUT2D eigenvalue weighted by Gasteiger charge is 2.35. The van der Waals surface area contributed by atoms with Gasteiger partial charge >= 0.3 is 0 Å². The van der Waals surface area contributed by atoms with Gasteiger partial charge in [0.25, 0.3) is 0 Å². The highest BCUT2D eigenvalue weighted by Crippen LogP contribution is 2.42. The third-order valence-electron chi connectivity index (χ3n) is 4.95. The Bertz CT molecular complexity index is 740. The predicted molar refractivity (Wildman–Crippen MR) is 87.7 cm³/mol. The Morgan fingerprint density at radius 2 is 2.12 bits per heavy atom.